The standard InChI is InChI=1S/C39H24N4S/c1-2-13-25(14-3-1)37-40-38(42-39(41-37)30-19-12-24-35-36(30)29-18-7-11-23-34(29)44-35)28-17-6-10-22-33(28)43-31-20-8-4-15-26(31)27-16-5-9-21-32(27)43/h1-24H. The van der Waals surface area contributed by atoms with Gasteiger partial charge in [0.25, 0.3) is 0 Å². The minimum atomic E-state index is 0.642. The summed E-state index contributed by atoms with van der Waals surface area (Å²) in [4.78, 5) is 15.5. The van der Waals surface area contributed by atoms with E-state index < -0.39 is 0 Å². The van der Waals surface area contributed by atoms with E-state index in [0.717, 1.165) is 33.4 Å². The zero-order chi connectivity index (χ0) is 29.0. The molecule has 5 heteroatoms. The van der Waals surface area contributed by atoms with Gasteiger partial charge in [-0.05, 0) is 36.4 Å². The van der Waals surface area contributed by atoms with Crippen LogP contribution in [-0.2, 0) is 0 Å². The van der Waals surface area contributed by atoms with Crippen molar-refractivity contribution in [3.63, 3.8) is 0 Å². The van der Waals surface area contributed by atoms with Crippen molar-refractivity contribution in [2.45, 2.75) is 0 Å². The molecule has 6 aromatic carbocycles. The lowest BCUT2D eigenvalue weighted by atomic mass is 10.1. The minimum Gasteiger partial charge on any atom is -0.309 e. The Morgan fingerprint density at radius 3 is 1.73 bits per heavy atom. The SMILES string of the molecule is c1ccc(-c2nc(-c3ccccc3-n3c4ccccc4c4ccccc43)nc(-c3cccc4sc5ccccc5c34)n2)cc1. The molecule has 0 unspecified atom stereocenters. The summed E-state index contributed by atoms with van der Waals surface area (Å²) in [6, 6.07) is 50.7. The third-order valence-corrected chi connectivity index (χ3v) is 9.41. The smallest absolute Gasteiger partial charge is 0.166 e. The van der Waals surface area contributed by atoms with Crippen LogP contribution in [0.2, 0.25) is 0 Å². The number of hydrogen-bond donors (Lipinski definition) is 0. The third kappa shape index (κ3) is 3.87. The lowest BCUT2D eigenvalue weighted by Gasteiger charge is -2.14. The molecule has 0 amide bonds. The van der Waals surface area contributed by atoms with Crippen LogP contribution < -0.4 is 0 Å². The Hall–Kier alpha value is -5.65. The third-order valence-electron chi connectivity index (χ3n) is 8.28. The lowest BCUT2D eigenvalue weighted by Crippen LogP contribution is -2.03. The summed E-state index contributed by atoms with van der Waals surface area (Å²) in [7, 11) is 0. The fourth-order valence-electron chi connectivity index (χ4n) is 6.33. The molecule has 3 heterocycles. The molecule has 0 bridgehead atoms. The van der Waals surface area contributed by atoms with Gasteiger partial charge in [0.1, 0.15) is 0 Å². The molecule has 0 aliphatic carbocycles. The summed E-state index contributed by atoms with van der Waals surface area (Å²) in [6.45, 7) is 0. The second-order valence-electron chi connectivity index (χ2n) is 10.8. The van der Waals surface area contributed by atoms with E-state index in [9.17, 15) is 0 Å². The molecule has 206 valence electrons. The number of benzene rings is 6. The molecule has 0 aliphatic rings. The van der Waals surface area contributed by atoms with Crippen molar-refractivity contribution in [1.29, 1.82) is 0 Å². The molecule has 0 saturated heterocycles. The number of hydrogen-bond acceptors (Lipinski definition) is 4. The molecule has 4 nitrogen and oxygen atoms in total. The van der Waals surface area contributed by atoms with E-state index in [1.165, 1.54) is 30.9 Å². The van der Waals surface area contributed by atoms with Crippen LogP contribution in [0.5, 0.6) is 0 Å². The highest BCUT2D eigenvalue weighted by atomic mass is 32.1. The van der Waals surface area contributed by atoms with Gasteiger partial charge in [0.05, 0.1) is 16.7 Å². The Balaban J connectivity index is 1.35. The molecule has 0 saturated carbocycles. The fraction of sp³-hybridized carbons (Fsp3) is 0. The van der Waals surface area contributed by atoms with Crippen LogP contribution in [0.25, 0.3) is 81.8 Å². The zero-order valence-electron chi connectivity index (χ0n) is 23.6. The van der Waals surface area contributed by atoms with Crippen LogP contribution in [0.4, 0.5) is 0 Å². The number of aromatic nitrogens is 4. The van der Waals surface area contributed by atoms with Crippen LogP contribution in [0.15, 0.2) is 146 Å². The van der Waals surface area contributed by atoms with Crippen molar-refractivity contribution >= 4 is 53.3 Å². The van der Waals surface area contributed by atoms with Gasteiger partial charge in [-0.15, -0.1) is 11.3 Å². The maximum atomic E-state index is 5.24. The highest BCUT2D eigenvalue weighted by Crippen LogP contribution is 2.40. The maximum Gasteiger partial charge on any atom is 0.166 e. The summed E-state index contributed by atoms with van der Waals surface area (Å²) >= 11 is 1.80. The van der Waals surface area contributed by atoms with E-state index in [1.807, 2.05) is 18.2 Å². The van der Waals surface area contributed by atoms with Crippen LogP contribution in [-0.4, -0.2) is 19.5 Å². The molecule has 0 aliphatic heterocycles. The molecule has 0 atom stereocenters. The molecule has 0 fully saturated rings. The lowest BCUT2D eigenvalue weighted by molar-refractivity contribution is 1.07. The van der Waals surface area contributed by atoms with Crippen LogP contribution in [0, 0.1) is 0 Å². The van der Waals surface area contributed by atoms with Gasteiger partial charge in [0.15, 0.2) is 17.5 Å². The minimum absolute atomic E-state index is 0.642. The van der Waals surface area contributed by atoms with E-state index in [4.69, 9.17) is 15.0 Å². The summed E-state index contributed by atoms with van der Waals surface area (Å²) in [5.74, 6) is 1.96. The van der Waals surface area contributed by atoms with Gasteiger partial charge in [-0.2, -0.15) is 0 Å². The molecule has 9 rings (SSSR count). The van der Waals surface area contributed by atoms with Gasteiger partial charge in [-0.3, -0.25) is 0 Å². The van der Waals surface area contributed by atoms with Crippen LogP contribution in [0.3, 0.4) is 0 Å². The van der Waals surface area contributed by atoms with Crippen molar-refractivity contribution in [1.82, 2.24) is 19.5 Å². The second kappa shape index (κ2) is 9.97. The first-order valence-corrected chi connectivity index (χ1v) is 15.5. The summed E-state index contributed by atoms with van der Waals surface area (Å²) in [5.41, 5.74) is 6.23. The number of rotatable bonds is 4. The van der Waals surface area contributed by atoms with Gasteiger partial charge in [0, 0.05) is 47.6 Å². The molecule has 9 aromatic rings. The van der Waals surface area contributed by atoms with E-state index in [0.29, 0.717) is 17.5 Å². The summed E-state index contributed by atoms with van der Waals surface area (Å²) in [5, 5.41) is 4.84. The number of fused-ring (bicyclic) bond motifs is 6. The molecular formula is C39H24N4S. The maximum absolute atomic E-state index is 5.24. The highest BCUT2D eigenvalue weighted by molar-refractivity contribution is 7.25. The van der Waals surface area contributed by atoms with E-state index >= 15 is 0 Å². The van der Waals surface area contributed by atoms with Crippen molar-refractivity contribution in [2.75, 3.05) is 0 Å². The normalized spacial score (nSPS) is 11.6. The Labute approximate surface area is 257 Å². The quantitative estimate of drug-likeness (QED) is 0.208. The first-order valence-electron chi connectivity index (χ1n) is 14.6. The molecule has 44 heavy (non-hydrogen) atoms. The molecule has 0 N–H and O–H groups in total. The first kappa shape index (κ1) is 24.9. The Bertz CT molecular complexity index is 2460. The van der Waals surface area contributed by atoms with Crippen LogP contribution >= 0.6 is 11.3 Å². The van der Waals surface area contributed by atoms with E-state index in [2.05, 4.69) is 132 Å². The van der Waals surface area contributed by atoms with Crippen molar-refractivity contribution in [2.24, 2.45) is 0 Å². The summed E-state index contributed by atoms with van der Waals surface area (Å²) in [6.07, 6.45) is 0. The second-order valence-corrected chi connectivity index (χ2v) is 11.9. The summed E-state index contributed by atoms with van der Waals surface area (Å²) < 4.78 is 4.81. The molecule has 3 aromatic heterocycles. The van der Waals surface area contributed by atoms with Gasteiger partial charge in [-0.25, -0.2) is 15.0 Å². The monoisotopic (exact) mass is 580 g/mol. The Morgan fingerprint density at radius 2 is 0.955 bits per heavy atom. The number of thiophene rings is 1. The zero-order valence-corrected chi connectivity index (χ0v) is 24.4. The predicted molar refractivity (Wildman–Crippen MR) is 183 cm³/mol. The van der Waals surface area contributed by atoms with E-state index in [-0.39, 0.29) is 0 Å². The van der Waals surface area contributed by atoms with Crippen molar-refractivity contribution in [3.8, 4) is 39.9 Å². The van der Waals surface area contributed by atoms with Gasteiger partial charge < -0.3 is 4.57 Å². The number of para-hydroxylation sites is 3. The average molecular weight is 581 g/mol. The first-order chi connectivity index (χ1) is 21.8. The van der Waals surface area contributed by atoms with Crippen molar-refractivity contribution in [3.05, 3.63) is 146 Å². The van der Waals surface area contributed by atoms with Gasteiger partial charge >= 0.3 is 0 Å². The largest absolute Gasteiger partial charge is 0.309 e. The van der Waals surface area contributed by atoms with Crippen LogP contribution in [0.1, 0.15) is 0 Å². The number of nitrogens with zero attached hydrogens (tertiary/aromatic N) is 4. The highest BCUT2D eigenvalue weighted by Gasteiger charge is 2.20. The molecule has 0 spiro atoms. The van der Waals surface area contributed by atoms with E-state index in [1.54, 1.807) is 11.3 Å². The molecule has 0 radical (unpaired) electrons. The Kier molecular flexibility index (Phi) is 5.64. The fourth-order valence-corrected chi connectivity index (χ4v) is 7.47. The van der Waals surface area contributed by atoms with Gasteiger partial charge in [0.2, 0.25) is 0 Å². The predicted octanol–water partition coefficient (Wildman–Crippen LogP) is 10.3. The molecular weight excluding hydrogens is 557 g/mol. The average Bonchev–Trinajstić information content (AvgIpc) is 3.64. The van der Waals surface area contributed by atoms with Crippen molar-refractivity contribution < 1.29 is 0 Å². The van der Waals surface area contributed by atoms with Gasteiger partial charge in [-0.1, -0.05) is 109 Å². The topological polar surface area (TPSA) is 43.6 Å². The Morgan fingerprint density at radius 1 is 0.409 bits per heavy atom.